The number of carboxylic acids is 1. The van der Waals surface area contributed by atoms with Gasteiger partial charge in [-0.3, -0.25) is 9.69 Å². The van der Waals surface area contributed by atoms with Crippen LogP contribution in [-0.4, -0.2) is 35.0 Å². The molecule has 1 unspecified atom stereocenters. The number of anilines is 2. The molecule has 0 aliphatic carbocycles. The van der Waals surface area contributed by atoms with Crippen LogP contribution in [0.15, 0.2) is 59.2 Å². The Morgan fingerprint density at radius 3 is 2.26 bits per heavy atom. The third-order valence-electron chi connectivity index (χ3n) is 4.90. The minimum atomic E-state index is -1.04. The van der Waals surface area contributed by atoms with Crippen molar-refractivity contribution in [2.24, 2.45) is 0 Å². The summed E-state index contributed by atoms with van der Waals surface area (Å²) in [5.41, 5.74) is 10.8. The average Bonchev–Trinajstić information content (AvgIpc) is 2.70. The van der Waals surface area contributed by atoms with Gasteiger partial charge in [-0.05, 0) is 65.5 Å². The molecule has 5 nitrogen and oxygen atoms in total. The fraction of sp³-hybridized carbons (Fsp3) is 0.440. The Hall–Kier alpha value is -2.47. The van der Waals surface area contributed by atoms with Crippen LogP contribution in [-0.2, 0) is 9.59 Å². The molecule has 1 aromatic carbocycles. The number of nitrogen functional groups attached to an aromatic ring is 1. The van der Waals surface area contributed by atoms with Crippen molar-refractivity contribution in [1.82, 2.24) is 0 Å². The molecule has 1 aromatic rings. The summed E-state index contributed by atoms with van der Waals surface area (Å²) in [5.74, 6) is -0.0527. The van der Waals surface area contributed by atoms with Gasteiger partial charge in [-0.25, -0.2) is 4.79 Å². The molecule has 6 heteroatoms. The zero-order valence-electron chi connectivity index (χ0n) is 19.1. The summed E-state index contributed by atoms with van der Waals surface area (Å²) < 4.78 is 0. The summed E-state index contributed by atoms with van der Waals surface area (Å²) in [4.78, 5) is 24.5. The van der Waals surface area contributed by atoms with Gasteiger partial charge < -0.3 is 10.8 Å². The minimum absolute atomic E-state index is 0.287. The number of hydrogen-bond acceptors (Lipinski definition) is 4. The highest BCUT2D eigenvalue weighted by Gasteiger charge is 2.26. The Bertz CT molecular complexity index is 811. The number of carbonyl (C=O) groups excluding carboxylic acids is 1. The maximum atomic E-state index is 11.7. The second-order valence-corrected chi connectivity index (χ2v) is 9.00. The smallest absolute Gasteiger partial charge is 0.327 e. The van der Waals surface area contributed by atoms with Crippen molar-refractivity contribution < 1.29 is 14.7 Å². The molecule has 1 rings (SSSR count). The summed E-state index contributed by atoms with van der Waals surface area (Å²) >= 11 is 1.50. The SMILES string of the molecule is CC(C)=CCC/C(C)=C/CC/C(C)=C/CSCC(C(=O)O)N(C=O)c1ccccc1N. The molecule has 0 spiro atoms. The number of hydrogen-bond donors (Lipinski definition) is 2. The van der Waals surface area contributed by atoms with Crippen LogP contribution < -0.4 is 10.6 Å². The third kappa shape index (κ3) is 10.4. The molecule has 0 aliphatic heterocycles. The highest BCUT2D eigenvalue weighted by atomic mass is 32.2. The number of carboxylic acid groups (broad SMARTS) is 1. The topological polar surface area (TPSA) is 83.6 Å². The summed E-state index contributed by atoms with van der Waals surface area (Å²) in [6.45, 7) is 8.52. The van der Waals surface area contributed by atoms with Gasteiger partial charge in [0.1, 0.15) is 6.04 Å². The van der Waals surface area contributed by atoms with E-state index in [4.69, 9.17) is 5.73 Å². The van der Waals surface area contributed by atoms with E-state index in [9.17, 15) is 14.7 Å². The number of nitrogens with zero attached hydrogens (tertiary/aromatic N) is 1. The van der Waals surface area contributed by atoms with E-state index in [1.54, 1.807) is 24.3 Å². The zero-order chi connectivity index (χ0) is 23.2. The number of aliphatic carboxylic acids is 1. The van der Waals surface area contributed by atoms with Crippen molar-refractivity contribution in [3.63, 3.8) is 0 Å². The number of benzene rings is 1. The molecular formula is C25H36N2O3S. The van der Waals surface area contributed by atoms with Crippen LogP contribution in [0.4, 0.5) is 11.4 Å². The van der Waals surface area contributed by atoms with Crippen LogP contribution in [0, 0.1) is 0 Å². The highest BCUT2D eigenvalue weighted by Crippen LogP contribution is 2.25. The molecule has 3 N–H and O–H groups in total. The van der Waals surface area contributed by atoms with Crippen molar-refractivity contribution in [3.05, 3.63) is 59.2 Å². The standard InChI is InChI=1S/C25H36N2O3S/c1-19(2)9-7-10-20(3)11-8-12-21(4)15-16-31-17-24(25(29)30)27(18-28)23-14-6-5-13-22(23)26/h5-6,9,11,13-15,18,24H,7-8,10,12,16-17,26H2,1-4H3,(H,29,30)/b20-11+,21-15+. The van der Waals surface area contributed by atoms with Crippen LogP contribution >= 0.6 is 11.8 Å². The van der Waals surface area contributed by atoms with Crippen LogP contribution in [0.5, 0.6) is 0 Å². The highest BCUT2D eigenvalue weighted by molar-refractivity contribution is 7.99. The first-order valence-electron chi connectivity index (χ1n) is 10.6. The Morgan fingerprint density at radius 2 is 1.68 bits per heavy atom. The summed E-state index contributed by atoms with van der Waals surface area (Å²) in [6, 6.07) is 5.83. The van der Waals surface area contributed by atoms with Crippen molar-refractivity contribution in [1.29, 1.82) is 0 Å². The average molecular weight is 445 g/mol. The van der Waals surface area contributed by atoms with Crippen molar-refractivity contribution in [2.45, 2.75) is 59.4 Å². The first-order chi connectivity index (χ1) is 14.8. The molecule has 170 valence electrons. The number of amides is 1. The lowest BCUT2D eigenvalue weighted by atomic mass is 10.1. The Labute approximate surface area is 191 Å². The van der Waals surface area contributed by atoms with Gasteiger partial charge in [-0.1, -0.05) is 47.1 Å². The first kappa shape index (κ1) is 26.6. The summed E-state index contributed by atoms with van der Waals surface area (Å²) in [6.07, 6.45) is 11.4. The van der Waals surface area contributed by atoms with Crippen molar-refractivity contribution >= 4 is 35.5 Å². The summed E-state index contributed by atoms with van der Waals surface area (Å²) in [7, 11) is 0. The normalized spacial score (nSPS) is 12.9. The molecule has 0 fully saturated rings. The third-order valence-corrected chi connectivity index (χ3v) is 5.85. The largest absolute Gasteiger partial charge is 0.480 e. The lowest BCUT2D eigenvalue weighted by Gasteiger charge is -2.25. The van der Waals surface area contributed by atoms with E-state index in [0.29, 0.717) is 23.5 Å². The van der Waals surface area contributed by atoms with E-state index in [1.165, 1.54) is 33.4 Å². The van der Waals surface area contributed by atoms with E-state index in [0.717, 1.165) is 25.7 Å². The second kappa shape index (κ2) is 14.5. The van der Waals surface area contributed by atoms with Crippen LogP contribution in [0.1, 0.15) is 53.4 Å². The monoisotopic (exact) mass is 444 g/mol. The molecule has 0 radical (unpaired) electrons. The van der Waals surface area contributed by atoms with Gasteiger partial charge >= 0.3 is 5.97 Å². The Balaban J connectivity index is 2.52. The molecule has 0 aromatic heterocycles. The lowest BCUT2D eigenvalue weighted by molar-refractivity contribution is -0.138. The van der Waals surface area contributed by atoms with E-state index in [1.807, 2.05) is 0 Å². The number of para-hydroxylation sites is 2. The zero-order valence-corrected chi connectivity index (χ0v) is 20.0. The molecule has 0 saturated heterocycles. The van der Waals surface area contributed by atoms with Gasteiger partial charge in [0, 0.05) is 11.5 Å². The van der Waals surface area contributed by atoms with Crippen LogP contribution in [0.25, 0.3) is 0 Å². The second-order valence-electron chi connectivity index (χ2n) is 7.92. The van der Waals surface area contributed by atoms with E-state index in [2.05, 4.69) is 45.9 Å². The van der Waals surface area contributed by atoms with E-state index >= 15 is 0 Å². The van der Waals surface area contributed by atoms with Crippen molar-refractivity contribution in [3.8, 4) is 0 Å². The molecule has 0 saturated carbocycles. The fourth-order valence-corrected chi connectivity index (χ4v) is 4.08. The van der Waals surface area contributed by atoms with E-state index in [-0.39, 0.29) is 5.75 Å². The molecule has 31 heavy (non-hydrogen) atoms. The molecular weight excluding hydrogens is 408 g/mol. The Morgan fingerprint density at radius 1 is 1.06 bits per heavy atom. The minimum Gasteiger partial charge on any atom is -0.480 e. The number of carbonyl (C=O) groups is 2. The number of rotatable bonds is 14. The van der Waals surface area contributed by atoms with Gasteiger partial charge in [-0.2, -0.15) is 11.8 Å². The maximum absolute atomic E-state index is 11.7. The van der Waals surface area contributed by atoms with E-state index < -0.39 is 12.0 Å². The van der Waals surface area contributed by atoms with Gasteiger partial charge in [-0.15, -0.1) is 0 Å². The first-order valence-corrected chi connectivity index (χ1v) is 11.7. The molecule has 0 heterocycles. The predicted octanol–water partition coefficient (Wildman–Crippen LogP) is 5.84. The van der Waals surface area contributed by atoms with Gasteiger partial charge in [0.2, 0.25) is 6.41 Å². The van der Waals surface area contributed by atoms with Gasteiger partial charge in [0.05, 0.1) is 11.4 Å². The fourth-order valence-electron chi connectivity index (χ4n) is 3.01. The van der Waals surface area contributed by atoms with Crippen molar-refractivity contribution in [2.75, 3.05) is 22.1 Å². The van der Waals surface area contributed by atoms with Gasteiger partial charge in [0.15, 0.2) is 0 Å². The molecule has 0 aliphatic rings. The lowest BCUT2D eigenvalue weighted by Crippen LogP contribution is -2.42. The number of allylic oxidation sites excluding steroid dienone is 5. The Kier molecular flexibility index (Phi) is 12.4. The summed E-state index contributed by atoms with van der Waals surface area (Å²) in [5, 5.41) is 9.62. The van der Waals surface area contributed by atoms with Crippen LogP contribution in [0.2, 0.25) is 0 Å². The molecule has 1 atom stereocenters. The predicted molar refractivity (Wildman–Crippen MR) is 134 cm³/mol. The molecule has 0 bridgehead atoms. The van der Waals surface area contributed by atoms with Crippen LogP contribution in [0.3, 0.4) is 0 Å². The number of nitrogens with two attached hydrogens (primary N) is 1. The van der Waals surface area contributed by atoms with Gasteiger partial charge in [0.25, 0.3) is 0 Å². The maximum Gasteiger partial charge on any atom is 0.327 e. The quantitative estimate of drug-likeness (QED) is 0.163. The molecule has 1 amide bonds. The number of thioether (sulfide) groups is 1.